The van der Waals surface area contributed by atoms with Gasteiger partial charge in [-0.05, 0) is 49.4 Å². The molecule has 0 saturated carbocycles. The maximum atomic E-state index is 12.3. The predicted molar refractivity (Wildman–Crippen MR) is 87.8 cm³/mol. The highest BCUT2D eigenvalue weighted by atomic mass is 16.1. The van der Waals surface area contributed by atoms with E-state index >= 15 is 0 Å². The lowest BCUT2D eigenvalue weighted by atomic mass is 10.0. The predicted octanol–water partition coefficient (Wildman–Crippen LogP) is 3.41. The van der Waals surface area contributed by atoms with Gasteiger partial charge in [0.05, 0.1) is 0 Å². The molecule has 3 nitrogen and oxygen atoms in total. The van der Waals surface area contributed by atoms with Crippen molar-refractivity contribution in [3.8, 4) is 0 Å². The molecule has 0 bridgehead atoms. The maximum Gasteiger partial charge on any atom is 0.251 e. The molecule has 116 valence electrons. The standard InChI is InChI=1S/C18H28N2O/c1-4-11-20-12-9-17(10-13-20)19-18(21)16-7-5-15(6-8-16)14(2)3/h5-8,14,17H,4,9-13H2,1-3H3,(H,19,21). The second kappa shape index (κ2) is 7.60. The molecule has 0 unspecified atom stereocenters. The van der Waals surface area contributed by atoms with Crippen molar-refractivity contribution in [2.45, 2.75) is 52.0 Å². The number of piperidine rings is 1. The number of rotatable bonds is 5. The van der Waals surface area contributed by atoms with Gasteiger partial charge in [-0.2, -0.15) is 0 Å². The van der Waals surface area contributed by atoms with Gasteiger partial charge < -0.3 is 10.2 Å². The van der Waals surface area contributed by atoms with Crippen LogP contribution in [0, 0.1) is 0 Å². The van der Waals surface area contributed by atoms with Gasteiger partial charge in [0.2, 0.25) is 0 Å². The SMILES string of the molecule is CCCN1CCC(NC(=O)c2ccc(C(C)C)cc2)CC1. The second-order valence-corrected chi connectivity index (χ2v) is 6.37. The molecular weight excluding hydrogens is 260 g/mol. The number of carbonyl (C=O) groups is 1. The van der Waals surface area contributed by atoms with Gasteiger partial charge in [0, 0.05) is 24.7 Å². The highest BCUT2D eigenvalue weighted by Gasteiger charge is 2.20. The second-order valence-electron chi connectivity index (χ2n) is 6.37. The summed E-state index contributed by atoms with van der Waals surface area (Å²) in [6.07, 6.45) is 3.34. The fourth-order valence-corrected chi connectivity index (χ4v) is 2.91. The lowest BCUT2D eigenvalue weighted by Gasteiger charge is -2.32. The Bertz CT molecular complexity index is 445. The molecule has 1 N–H and O–H groups in total. The Balaban J connectivity index is 1.84. The molecule has 1 aromatic rings. The van der Waals surface area contributed by atoms with E-state index in [4.69, 9.17) is 0 Å². The normalized spacial score (nSPS) is 17.1. The Hall–Kier alpha value is -1.35. The monoisotopic (exact) mass is 288 g/mol. The zero-order valence-electron chi connectivity index (χ0n) is 13.6. The number of benzene rings is 1. The molecule has 0 aliphatic carbocycles. The van der Waals surface area contributed by atoms with Crippen molar-refractivity contribution in [1.82, 2.24) is 10.2 Å². The summed E-state index contributed by atoms with van der Waals surface area (Å²) in [5.74, 6) is 0.573. The summed E-state index contributed by atoms with van der Waals surface area (Å²) in [7, 11) is 0. The Kier molecular flexibility index (Phi) is 5.80. The van der Waals surface area contributed by atoms with Gasteiger partial charge in [0.15, 0.2) is 0 Å². The molecular formula is C18H28N2O. The minimum absolute atomic E-state index is 0.0687. The fourth-order valence-electron chi connectivity index (χ4n) is 2.91. The first kappa shape index (κ1) is 16.0. The van der Waals surface area contributed by atoms with Gasteiger partial charge >= 0.3 is 0 Å². The van der Waals surface area contributed by atoms with Gasteiger partial charge in [0.25, 0.3) is 5.91 Å². The van der Waals surface area contributed by atoms with Crippen LogP contribution in [0.2, 0.25) is 0 Å². The van der Waals surface area contributed by atoms with Crippen molar-refractivity contribution in [2.24, 2.45) is 0 Å². The van der Waals surface area contributed by atoms with Crippen molar-refractivity contribution in [2.75, 3.05) is 19.6 Å². The van der Waals surface area contributed by atoms with Crippen molar-refractivity contribution in [3.63, 3.8) is 0 Å². The molecule has 1 heterocycles. The summed E-state index contributed by atoms with van der Waals surface area (Å²) in [5, 5.41) is 3.18. The molecule has 21 heavy (non-hydrogen) atoms. The van der Waals surface area contributed by atoms with Crippen molar-refractivity contribution >= 4 is 5.91 Å². The van der Waals surface area contributed by atoms with Crippen LogP contribution < -0.4 is 5.32 Å². The number of hydrogen-bond acceptors (Lipinski definition) is 2. The highest BCUT2D eigenvalue weighted by molar-refractivity contribution is 5.94. The molecule has 0 spiro atoms. The minimum atomic E-state index is 0.0687. The van der Waals surface area contributed by atoms with E-state index < -0.39 is 0 Å². The maximum absolute atomic E-state index is 12.3. The van der Waals surface area contributed by atoms with Crippen LogP contribution >= 0.6 is 0 Å². The van der Waals surface area contributed by atoms with E-state index in [0.29, 0.717) is 12.0 Å². The van der Waals surface area contributed by atoms with Crippen LogP contribution in [0.15, 0.2) is 24.3 Å². The van der Waals surface area contributed by atoms with E-state index in [9.17, 15) is 4.79 Å². The topological polar surface area (TPSA) is 32.3 Å². The number of hydrogen-bond donors (Lipinski definition) is 1. The van der Waals surface area contributed by atoms with Crippen molar-refractivity contribution in [3.05, 3.63) is 35.4 Å². The van der Waals surface area contributed by atoms with Crippen molar-refractivity contribution < 1.29 is 4.79 Å². The molecule has 1 saturated heterocycles. The fraction of sp³-hybridized carbons (Fsp3) is 0.611. The Morgan fingerprint density at radius 3 is 2.38 bits per heavy atom. The lowest BCUT2D eigenvalue weighted by molar-refractivity contribution is 0.0911. The third-order valence-electron chi connectivity index (χ3n) is 4.30. The van der Waals surface area contributed by atoms with Crippen LogP contribution in [0.25, 0.3) is 0 Å². The summed E-state index contributed by atoms with van der Waals surface area (Å²) in [6.45, 7) is 9.93. The summed E-state index contributed by atoms with van der Waals surface area (Å²) >= 11 is 0. The lowest BCUT2D eigenvalue weighted by Crippen LogP contribution is -2.44. The Labute approximate surface area is 128 Å². The third kappa shape index (κ3) is 4.57. The minimum Gasteiger partial charge on any atom is -0.349 e. The van der Waals surface area contributed by atoms with Crippen LogP contribution in [0.4, 0.5) is 0 Å². The van der Waals surface area contributed by atoms with Gasteiger partial charge in [-0.15, -0.1) is 0 Å². The number of amides is 1. The summed E-state index contributed by atoms with van der Waals surface area (Å²) in [5.41, 5.74) is 2.05. The summed E-state index contributed by atoms with van der Waals surface area (Å²) < 4.78 is 0. The number of nitrogens with zero attached hydrogens (tertiary/aromatic N) is 1. The molecule has 1 amide bonds. The zero-order valence-corrected chi connectivity index (χ0v) is 13.6. The molecule has 0 radical (unpaired) electrons. The average Bonchev–Trinajstić information content (AvgIpc) is 2.49. The number of likely N-dealkylation sites (tertiary alicyclic amines) is 1. The largest absolute Gasteiger partial charge is 0.349 e. The number of nitrogens with one attached hydrogen (secondary N) is 1. The first-order valence-electron chi connectivity index (χ1n) is 8.23. The average molecular weight is 288 g/mol. The molecule has 3 heteroatoms. The molecule has 1 aliphatic rings. The van der Waals surface area contributed by atoms with Crippen LogP contribution in [0.3, 0.4) is 0 Å². The van der Waals surface area contributed by atoms with Crippen LogP contribution in [-0.4, -0.2) is 36.5 Å². The quantitative estimate of drug-likeness (QED) is 0.900. The van der Waals surface area contributed by atoms with E-state index in [1.165, 1.54) is 18.5 Å². The van der Waals surface area contributed by atoms with E-state index in [-0.39, 0.29) is 5.91 Å². The molecule has 1 aliphatic heterocycles. The summed E-state index contributed by atoms with van der Waals surface area (Å²) in [6, 6.07) is 8.33. The first-order chi connectivity index (χ1) is 10.1. The van der Waals surface area contributed by atoms with E-state index in [2.05, 4.69) is 43.1 Å². The van der Waals surface area contributed by atoms with Gasteiger partial charge in [-0.25, -0.2) is 0 Å². The third-order valence-corrected chi connectivity index (χ3v) is 4.30. The van der Waals surface area contributed by atoms with Crippen molar-refractivity contribution in [1.29, 1.82) is 0 Å². The van der Waals surface area contributed by atoms with Gasteiger partial charge in [-0.3, -0.25) is 4.79 Å². The van der Waals surface area contributed by atoms with Gasteiger partial charge in [-0.1, -0.05) is 32.9 Å². The van der Waals surface area contributed by atoms with E-state index in [0.717, 1.165) is 31.5 Å². The van der Waals surface area contributed by atoms with Gasteiger partial charge in [0.1, 0.15) is 0 Å². The van der Waals surface area contributed by atoms with Crippen LogP contribution in [0.1, 0.15) is 61.9 Å². The van der Waals surface area contributed by atoms with E-state index in [1.54, 1.807) is 0 Å². The first-order valence-corrected chi connectivity index (χ1v) is 8.23. The smallest absolute Gasteiger partial charge is 0.251 e. The Morgan fingerprint density at radius 2 is 1.86 bits per heavy atom. The molecule has 1 aromatic carbocycles. The highest BCUT2D eigenvalue weighted by Crippen LogP contribution is 2.15. The molecule has 1 fully saturated rings. The zero-order chi connectivity index (χ0) is 15.2. The Morgan fingerprint density at radius 1 is 1.24 bits per heavy atom. The van der Waals surface area contributed by atoms with Crippen LogP contribution in [-0.2, 0) is 0 Å². The molecule has 0 atom stereocenters. The number of carbonyl (C=O) groups excluding carboxylic acids is 1. The molecule has 2 rings (SSSR count). The van der Waals surface area contributed by atoms with E-state index in [1.807, 2.05) is 12.1 Å². The summed E-state index contributed by atoms with van der Waals surface area (Å²) in [4.78, 5) is 14.8. The van der Waals surface area contributed by atoms with Crippen LogP contribution in [0.5, 0.6) is 0 Å². The molecule has 0 aromatic heterocycles.